The molecule has 1 saturated heterocycles. The summed E-state index contributed by atoms with van der Waals surface area (Å²) < 4.78 is 10.6. The molecule has 1 fully saturated rings. The Morgan fingerprint density at radius 1 is 1.42 bits per heavy atom. The first-order chi connectivity index (χ1) is 11.4. The average Bonchev–Trinajstić information content (AvgIpc) is 2.83. The number of thioether (sulfide) groups is 1. The maximum atomic E-state index is 11.6. The zero-order valence-corrected chi connectivity index (χ0v) is 13.6. The Morgan fingerprint density at radius 3 is 2.71 bits per heavy atom. The van der Waals surface area contributed by atoms with E-state index in [1.165, 1.54) is 7.11 Å². The maximum Gasteiger partial charge on any atom is 0.341 e. The molecular weight excluding hydrogens is 334 g/mol. The molecule has 1 aliphatic rings. The molecule has 8 heteroatoms. The van der Waals surface area contributed by atoms with Crippen molar-refractivity contribution in [1.29, 1.82) is 0 Å². The highest BCUT2D eigenvalue weighted by Crippen LogP contribution is 2.35. The molecule has 0 saturated carbocycles. The summed E-state index contributed by atoms with van der Waals surface area (Å²) in [5.41, 5.74) is 1.28. The second-order valence-corrected chi connectivity index (χ2v) is 5.75. The summed E-state index contributed by atoms with van der Waals surface area (Å²) in [6.07, 6.45) is 3.61. The van der Waals surface area contributed by atoms with E-state index in [1.807, 2.05) is 0 Å². The van der Waals surface area contributed by atoms with Crippen LogP contribution >= 0.6 is 11.8 Å². The fourth-order valence-electron chi connectivity index (χ4n) is 2.10. The molecule has 1 aromatic rings. The normalized spacial score (nSPS) is 15.3. The van der Waals surface area contributed by atoms with Gasteiger partial charge in [0.15, 0.2) is 18.1 Å². The molecule has 0 aromatic heterocycles. The Labute approximate surface area is 142 Å². The number of rotatable bonds is 7. The van der Waals surface area contributed by atoms with Gasteiger partial charge in [-0.2, -0.15) is 0 Å². The summed E-state index contributed by atoms with van der Waals surface area (Å²) in [4.78, 5) is 33.9. The van der Waals surface area contributed by atoms with Crippen LogP contribution in [0.25, 0.3) is 6.08 Å². The summed E-state index contributed by atoms with van der Waals surface area (Å²) in [6.45, 7) is 3.16. The van der Waals surface area contributed by atoms with Gasteiger partial charge >= 0.3 is 5.97 Å². The van der Waals surface area contributed by atoms with Gasteiger partial charge in [0.1, 0.15) is 0 Å². The van der Waals surface area contributed by atoms with Crippen LogP contribution in [0.5, 0.6) is 11.5 Å². The fourth-order valence-corrected chi connectivity index (χ4v) is 2.78. The van der Waals surface area contributed by atoms with Crippen molar-refractivity contribution >= 4 is 35.0 Å². The van der Waals surface area contributed by atoms with Gasteiger partial charge in [0.2, 0.25) is 0 Å². The van der Waals surface area contributed by atoms with E-state index in [9.17, 15) is 14.4 Å². The molecule has 1 aromatic carbocycles. The summed E-state index contributed by atoms with van der Waals surface area (Å²) in [5.74, 6) is -0.926. The monoisotopic (exact) mass is 349 g/mol. The molecule has 1 heterocycles. The van der Waals surface area contributed by atoms with Crippen molar-refractivity contribution in [1.82, 2.24) is 5.32 Å². The van der Waals surface area contributed by atoms with Crippen molar-refractivity contribution in [3.63, 3.8) is 0 Å². The minimum absolute atomic E-state index is 0.269. The number of carboxylic acid groups (broad SMARTS) is 1. The van der Waals surface area contributed by atoms with E-state index in [0.717, 1.165) is 11.8 Å². The number of nitrogens with one attached hydrogen (secondary N) is 1. The van der Waals surface area contributed by atoms with Gasteiger partial charge in [-0.05, 0) is 42.0 Å². The summed E-state index contributed by atoms with van der Waals surface area (Å²) in [7, 11) is 1.43. The van der Waals surface area contributed by atoms with Crippen LogP contribution in [0, 0.1) is 0 Å². The highest BCUT2D eigenvalue weighted by atomic mass is 32.2. The second kappa shape index (κ2) is 7.69. The Balaban J connectivity index is 2.43. The van der Waals surface area contributed by atoms with Crippen molar-refractivity contribution < 1.29 is 29.0 Å². The number of allylic oxidation sites excluding steroid dienone is 1. The number of ether oxygens (including phenoxy) is 2. The molecule has 0 unspecified atom stereocenters. The van der Waals surface area contributed by atoms with Crippen LogP contribution < -0.4 is 14.8 Å². The number of aliphatic carboxylic acids is 1. The highest BCUT2D eigenvalue weighted by Gasteiger charge is 2.25. The zero-order chi connectivity index (χ0) is 17.7. The van der Waals surface area contributed by atoms with Gasteiger partial charge in [-0.15, -0.1) is 6.58 Å². The maximum absolute atomic E-state index is 11.6. The first-order valence-electron chi connectivity index (χ1n) is 6.86. The number of amides is 2. The second-order valence-electron chi connectivity index (χ2n) is 4.74. The van der Waals surface area contributed by atoms with Crippen molar-refractivity contribution in [2.75, 3.05) is 13.7 Å². The molecule has 0 bridgehead atoms. The van der Waals surface area contributed by atoms with Gasteiger partial charge < -0.3 is 14.6 Å². The van der Waals surface area contributed by atoms with Gasteiger partial charge in [-0.3, -0.25) is 14.9 Å². The molecular formula is C16H15NO6S. The van der Waals surface area contributed by atoms with Crippen LogP contribution in [0.2, 0.25) is 0 Å². The van der Waals surface area contributed by atoms with Crippen molar-refractivity contribution in [2.45, 2.75) is 6.42 Å². The van der Waals surface area contributed by atoms with E-state index in [0.29, 0.717) is 29.0 Å². The quantitative estimate of drug-likeness (QED) is 0.575. The average molecular weight is 349 g/mol. The molecule has 0 atom stereocenters. The number of carboxylic acids is 1. The van der Waals surface area contributed by atoms with Crippen LogP contribution in [0.4, 0.5) is 4.79 Å². The molecule has 0 aliphatic carbocycles. The van der Waals surface area contributed by atoms with Gasteiger partial charge in [-0.25, -0.2) is 4.79 Å². The summed E-state index contributed by atoms with van der Waals surface area (Å²) in [5, 5.41) is 10.5. The van der Waals surface area contributed by atoms with Crippen LogP contribution in [-0.2, 0) is 16.0 Å². The van der Waals surface area contributed by atoms with E-state index in [-0.39, 0.29) is 4.91 Å². The Kier molecular flexibility index (Phi) is 5.64. The smallest absolute Gasteiger partial charge is 0.341 e. The lowest BCUT2D eigenvalue weighted by Crippen LogP contribution is -2.17. The molecule has 126 valence electrons. The van der Waals surface area contributed by atoms with Crippen molar-refractivity contribution in [2.24, 2.45) is 0 Å². The number of hydrogen-bond acceptors (Lipinski definition) is 6. The SMILES string of the molecule is C=CCc1cc(/C=C2/SC(=O)NC2=O)cc(OC)c1OCC(=O)O. The third-order valence-electron chi connectivity index (χ3n) is 3.02. The molecule has 0 radical (unpaired) electrons. The Hall–Kier alpha value is -2.74. The number of hydrogen-bond donors (Lipinski definition) is 2. The standard InChI is InChI=1S/C16H15NO6S/c1-3-4-10-5-9(7-12-15(20)17-16(21)24-12)6-11(22-2)14(10)23-8-13(18)19/h3,5-7H,1,4,8H2,2H3,(H,18,19)(H,17,20,21)/b12-7+. The van der Waals surface area contributed by atoms with Gasteiger partial charge in [0.05, 0.1) is 12.0 Å². The highest BCUT2D eigenvalue weighted by molar-refractivity contribution is 8.18. The summed E-state index contributed by atoms with van der Waals surface area (Å²) in [6, 6.07) is 3.33. The van der Waals surface area contributed by atoms with E-state index in [2.05, 4.69) is 11.9 Å². The first-order valence-corrected chi connectivity index (χ1v) is 7.67. The predicted octanol–water partition coefficient (Wildman–Crippen LogP) is 2.21. The van der Waals surface area contributed by atoms with Crippen LogP contribution in [0.3, 0.4) is 0 Å². The van der Waals surface area contributed by atoms with Gasteiger partial charge in [0.25, 0.3) is 11.1 Å². The Morgan fingerprint density at radius 2 is 2.17 bits per heavy atom. The predicted molar refractivity (Wildman–Crippen MR) is 89.1 cm³/mol. The van der Waals surface area contributed by atoms with Gasteiger partial charge in [-0.1, -0.05) is 6.08 Å². The Bertz CT molecular complexity index is 740. The molecule has 2 rings (SSSR count). The van der Waals surface area contributed by atoms with E-state index >= 15 is 0 Å². The minimum Gasteiger partial charge on any atom is -0.493 e. The third-order valence-corrected chi connectivity index (χ3v) is 3.83. The fraction of sp³-hybridized carbons (Fsp3) is 0.188. The molecule has 2 amide bonds. The van der Waals surface area contributed by atoms with E-state index in [4.69, 9.17) is 14.6 Å². The van der Waals surface area contributed by atoms with Crippen LogP contribution in [0.15, 0.2) is 29.7 Å². The lowest BCUT2D eigenvalue weighted by Gasteiger charge is -2.14. The van der Waals surface area contributed by atoms with E-state index in [1.54, 1.807) is 24.3 Å². The molecule has 1 aliphatic heterocycles. The lowest BCUT2D eigenvalue weighted by atomic mass is 10.0. The molecule has 7 nitrogen and oxygen atoms in total. The molecule has 2 N–H and O–H groups in total. The first kappa shape index (κ1) is 17.6. The summed E-state index contributed by atoms with van der Waals surface area (Å²) >= 11 is 0.811. The largest absolute Gasteiger partial charge is 0.493 e. The number of benzene rings is 1. The topological polar surface area (TPSA) is 102 Å². The number of carbonyl (C=O) groups is 3. The van der Waals surface area contributed by atoms with Crippen molar-refractivity contribution in [3.8, 4) is 11.5 Å². The minimum atomic E-state index is -1.11. The number of carbonyl (C=O) groups excluding carboxylic acids is 2. The van der Waals surface area contributed by atoms with E-state index < -0.39 is 23.7 Å². The lowest BCUT2D eigenvalue weighted by molar-refractivity contribution is -0.139. The van der Waals surface area contributed by atoms with Gasteiger partial charge in [0, 0.05) is 5.56 Å². The third kappa shape index (κ3) is 4.17. The number of methoxy groups -OCH3 is 1. The van der Waals surface area contributed by atoms with Crippen molar-refractivity contribution in [3.05, 3.63) is 40.8 Å². The van der Waals surface area contributed by atoms with Crippen LogP contribution in [0.1, 0.15) is 11.1 Å². The molecule has 0 spiro atoms. The molecule has 24 heavy (non-hydrogen) atoms. The van der Waals surface area contributed by atoms with Crippen LogP contribution in [-0.4, -0.2) is 35.9 Å². The zero-order valence-electron chi connectivity index (χ0n) is 12.8. The number of imide groups is 1.